The van der Waals surface area contributed by atoms with Crippen molar-refractivity contribution in [1.82, 2.24) is 4.72 Å². The lowest BCUT2D eigenvalue weighted by atomic mass is 10.0. The Hall–Kier alpha value is -1.94. The standard InChI is InChI=1S/C15H20N2O6S2/c18-14-9-11(3-1-4-12-5-2-8-24(12,20)21)6-7-13(14)17-10-15(19)16-25(17,22)23/h6-7,9-10,12,16,18-19H,1-5,8H2. The SMILES string of the molecule is O=S1(=O)CCCC1CCCc1ccc(N2C=C(O)NS2(=O)=O)c(O)c1. The normalized spacial score (nSPS) is 24.1. The second-order valence-corrected chi connectivity index (χ2v) is 10.2. The maximum atomic E-state index is 11.8. The molecule has 1 unspecified atom stereocenters. The predicted molar refractivity (Wildman–Crippen MR) is 93.1 cm³/mol. The molecule has 1 saturated heterocycles. The molecule has 0 aliphatic carbocycles. The maximum Gasteiger partial charge on any atom is 0.330 e. The highest BCUT2D eigenvalue weighted by Crippen LogP contribution is 2.33. The fourth-order valence-corrected chi connectivity index (χ4v) is 6.24. The van der Waals surface area contributed by atoms with Crippen LogP contribution in [0.4, 0.5) is 5.69 Å². The van der Waals surface area contributed by atoms with Gasteiger partial charge in [-0.25, -0.2) is 17.4 Å². The third-order valence-electron chi connectivity index (χ3n) is 4.46. The van der Waals surface area contributed by atoms with Gasteiger partial charge in [0.2, 0.25) is 5.88 Å². The number of nitrogens with zero attached hydrogens (tertiary/aromatic N) is 1. The predicted octanol–water partition coefficient (Wildman–Crippen LogP) is 1.30. The molecular formula is C15H20N2O6S2. The molecule has 0 radical (unpaired) electrons. The molecule has 2 heterocycles. The van der Waals surface area contributed by atoms with E-state index in [9.17, 15) is 27.0 Å². The molecule has 1 atom stereocenters. The molecule has 3 rings (SSSR count). The summed E-state index contributed by atoms with van der Waals surface area (Å²) in [7, 11) is -6.90. The highest BCUT2D eigenvalue weighted by molar-refractivity contribution is 7.92. The van der Waals surface area contributed by atoms with E-state index in [2.05, 4.69) is 0 Å². The van der Waals surface area contributed by atoms with Crippen LogP contribution in [0.5, 0.6) is 5.75 Å². The minimum atomic E-state index is -3.95. The number of hydrogen-bond acceptors (Lipinski definition) is 6. The molecule has 10 heteroatoms. The number of phenols is 1. The van der Waals surface area contributed by atoms with Gasteiger partial charge in [0.15, 0.2) is 9.84 Å². The summed E-state index contributed by atoms with van der Waals surface area (Å²) in [6, 6.07) is 4.58. The first-order valence-corrected chi connectivity index (χ1v) is 11.1. The monoisotopic (exact) mass is 388 g/mol. The number of aliphatic hydroxyl groups is 1. The molecule has 138 valence electrons. The van der Waals surface area contributed by atoms with E-state index in [0.717, 1.165) is 22.5 Å². The Morgan fingerprint density at radius 1 is 1.20 bits per heavy atom. The van der Waals surface area contributed by atoms with Crippen LogP contribution in [-0.4, -0.2) is 38.1 Å². The first-order valence-electron chi connectivity index (χ1n) is 7.95. The van der Waals surface area contributed by atoms with Crippen LogP contribution in [0, 0.1) is 0 Å². The molecular weight excluding hydrogens is 368 g/mol. The van der Waals surface area contributed by atoms with E-state index in [4.69, 9.17) is 0 Å². The summed E-state index contributed by atoms with van der Waals surface area (Å²) < 4.78 is 49.9. The Labute approximate surface area is 146 Å². The van der Waals surface area contributed by atoms with Crippen LogP contribution in [-0.2, 0) is 26.5 Å². The van der Waals surface area contributed by atoms with Gasteiger partial charge in [-0.05, 0) is 49.8 Å². The second kappa shape index (κ2) is 6.41. The van der Waals surface area contributed by atoms with Crippen molar-refractivity contribution in [2.24, 2.45) is 0 Å². The summed E-state index contributed by atoms with van der Waals surface area (Å²) in [6.45, 7) is 0. The molecule has 1 aromatic carbocycles. The average molecular weight is 388 g/mol. The third-order valence-corrected chi connectivity index (χ3v) is 8.10. The maximum absolute atomic E-state index is 11.8. The number of aromatic hydroxyl groups is 1. The summed E-state index contributed by atoms with van der Waals surface area (Å²) in [5.74, 6) is -0.491. The Bertz CT molecular complexity index is 908. The summed E-state index contributed by atoms with van der Waals surface area (Å²) in [6.07, 6.45) is 4.25. The minimum absolute atomic E-state index is 0.0265. The van der Waals surface area contributed by atoms with E-state index in [1.807, 2.05) is 4.72 Å². The number of anilines is 1. The van der Waals surface area contributed by atoms with Crippen molar-refractivity contribution < 1.29 is 27.0 Å². The molecule has 1 fully saturated rings. The van der Waals surface area contributed by atoms with Crippen molar-refractivity contribution >= 4 is 25.7 Å². The van der Waals surface area contributed by atoms with E-state index in [1.165, 1.54) is 12.1 Å². The zero-order valence-corrected chi connectivity index (χ0v) is 15.1. The molecule has 8 nitrogen and oxygen atoms in total. The van der Waals surface area contributed by atoms with Gasteiger partial charge in [-0.2, -0.15) is 8.42 Å². The van der Waals surface area contributed by atoms with E-state index in [-0.39, 0.29) is 22.4 Å². The Morgan fingerprint density at radius 3 is 2.52 bits per heavy atom. The molecule has 25 heavy (non-hydrogen) atoms. The van der Waals surface area contributed by atoms with E-state index in [0.29, 0.717) is 25.7 Å². The third kappa shape index (κ3) is 3.69. The van der Waals surface area contributed by atoms with Gasteiger partial charge in [-0.1, -0.05) is 6.07 Å². The first kappa shape index (κ1) is 17.9. The van der Waals surface area contributed by atoms with Gasteiger partial charge in [0.05, 0.1) is 17.2 Å². The van der Waals surface area contributed by atoms with Crippen molar-refractivity contribution in [2.45, 2.75) is 37.4 Å². The molecule has 2 aliphatic heterocycles. The van der Waals surface area contributed by atoms with Crippen molar-refractivity contribution in [3.63, 3.8) is 0 Å². The van der Waals surface area contributed by atoms with Crippen molar-refractivity contribution in [1.29, 1.82) is 0 Å². The van der Waals surface area contributed by atoms with Gasteiger partial charge in [-0.15, -0.1) is 0 Å². The van der Waals surface area contributed by atoms with Crippen LogP contribution in [0.25, 0.3) is 0 Å². The lowest BCUT2D eigenvalue weighted by Gasteiger charge is -2.16. The highest BCUT2D eigenvalue weighted by Gasteiger charge is 2.31. The van der Waals surface area contributed by atoms with Gasteiger partial charge in [-0.3, -0.25) is 0 Å². The Morgan fingerprint density at radius 2 is 1.96 bits per heavy atom. The number of aliphatic hydroxyl groups excluding tert-OH is 1. The largest absolute Gasteiger partial charge is 0.506 e. The molecule has 0 saturated carbocycles. The minimum Gasteiger partial charge on any atom is -0.506 e. The first-order chi connectivity index (χ1) is 11.7. The lowest BCUT2D eigenvalue weighted by Crippen LogP contribution is -2.29. The number of aryl methyl sites for hydroxylation is 1. The number of sulfone groups is 1. The van der Waals surface area contributed by atoms with E-state index < -0.39 is 25.9 Å². The van der Waals surface area contributed by atoms with Crippen molar-refractivity contribution in [2.75, 3.05) is 10.1 Å². The smallest absolute Gasteiger partial charge is 0.330 e. The fourth-order valence-electron chi connectivity index (χ4n) is 3.21. The number of hydrogen-bond donors (Lipinski definition) is 3. The zero-order chi connectivity index (χ0) is 18.2. The summed E-state index contributed by atoms with van der Waals surface area (Å²) in [4.78, 5) is 0. The quantitative estimate of drug-likeness (QED) is 0.698. The topological polar surface area (TPSA) is 124 Å². The van der Waals surface area contributed by atoms with Crippen LogP contribution in [0.15, 0.2) is 30.3 Å². The molecule has 0 amide bonds. The number of nitrogens with one attached hydrogen (secondary N) is 1. The fraction of sp³-hybridized carbons (Fsp3) is 0.467. The number of phenolic OH excluding ortho intramolecular Hbond substituents is 1. The van der Waals surface area contributed by atoms with Crippen LogP contribution in [0.1, 0.15) is 31.2 Å². The van der Waals surface area contributed by atoms with Crippen molar-refractivity contribution in [3.8, 4) is 5.75 Å². The number of rotatable bonds is 5. The lowest BCUT2D eigenvalue weighted by molar-refractivity contribution is 0.392. The second-order valence-electron chi connectivity index (χ2n) is 6.26. The van der Waals surface area contributed by atoms with Gasteiger partial charge < -0.3 is 10.2 Å². The van der Waals surface area contributed by atoms with Crippen LogP contribution >= 0.6 is 0 Å². The number of benzene rings is 1. The molecule has 2 aliphatic rings. The molecule has 0 bridgehead atoms. The van der Waals surface area contributed by atoms with Crippen LogP contribution < -0.4 is 9.03 Å². The van der Waals surface area contributed by atoms with Gasteiger partial charge in [0, 0.05) is 0 Å². The molecule has 0 spiro atoms. The average Bonchev–Trinajstić information content (AvgIpc) is 2.97. The molecule has 3 N–H and O–H groups in total. The Kier molecular flexibility index (Phi) is 4.58. The summed E-state index contributed by atoms with van der Waals surface area (Å²) in [5.41, 5.74) is 0.813. The zero-order valence-electron chi connectivity index (χ0n) is 13.4. The summed E-state index contributed by atoms with van der Waals surface area (Å²) >= 11 is 0. The molecule has 1 aromatic rings. The highest BCUT2D eigenvalue weighted by atomic mass is 32.2. The van der Waals surface area contributed by atoms with Crippen LogP contribution in [0.3, 0.4) is 0 Å². The van der Waals surface area contributed by atoms with Gasteiger partial charge >= 0.3 is 10.2 Å². The van der Waals surface area contributed by atoms with Crippen LogP contribution in [0.2, 0.25) is 0 Å². The van der Waals surface area contributed by atoms with E-state index in [1.54, 1.807) is 6.07 Å². The Balaban J connectivity index is 1.66. The van der Waals surface area contributed by atoms with Gasteiger partial charge in [0.1, 0.15) is 11.4 Å². The summed E-state index contributed by atoms with van der Waals surface area (Å²) in [5, 5.41) is 19.2. The van der Waals surface area contributed by atoms with Gasteiger partial charge in [0.25, 0.3) is 0 Å². The van der Waals surface area contributed by atoms with Crippen molar-refractivity contribution in [3.05, 3.63) is 35.8 Å². The molecule has 0 aromatic heterocycles. The van der Waals surface area contributed by atoms with E-state index >= 15 is 0 Å².